The summed E-state index contributed by atoms with van der Waals surface area (Å²) in [4.78, 5) is 21.0. The molecule has 8 heteroatoms. The highest BCUT2D eigenvalue weighted by Crippen LogP contribution is 2.48. The van der Waals surface area contributed by atoms with Gasteiger partial charge in [-0.25, -0.2) is 0 Å². The second kappa shape index (κ2) is 10.8. The standard InChI is InChI=1S/C19H35N5O2.HI/c1-3-26-13-8-19(6-7-19)15-21-18(20-2)24-11-9-23(10-12-24)14-17(25)22-16-4-5-16;/h16H,3-15H2,1-2H3,(H,20,21)(H,22,25);1H. The minimum atomic E-state index is 0. The maximum Gasteiger partial charge on any atom is 0.234 e. The number of hydrogen-bond donors (Lipinski definition) is 2. The smallest absolute Gasteiger partial charge is 0.234 e. The summed E-state index contributed by atoms with van der Waals surface area (Å²) in [7, 11) is 1.86. The average Bonchev–Trinajstić information content (AvgIpc) is 3.55. The summed E-state index contributed by atoms with van der Waals surface area (Å²) in [6.07, 6.45) is 6.00. The van der Waals surface area contributed by atoms with Crippen molar-refractivity contribution in [2.45, 2.75) is 45.1 Å². The lowest BCUT2D eigenvalue weighted by molar-refractivity contribution is -0.122. The number of amides is 1. The zero-order chi connectivity index (χ0) is 18.4. The van der Waals surface area contributed by atoms with Crippen LogP contribution in [-0.2, 0) is 9.53 Å². The van der Waals surface area contributed by atoms with E-state index in [0.29, 0.717) is 18.0 Å². The predicted octanol–water partition coefficient (Wildman–Crippen LogP) is 1.28. The number of piperazine rings is 1. The van der Waals surface area contributed by atoms with Crippen molar-refractivity contribution in [2.75, 3.05) is 59.5 Å². The van der Waals surface area contributed by atoms with Gasteiger partial charge in [-0.1, -0.05) is 0 Å². The van der Waals surface area contributed by atoms with Gasteiger partial charge in [0.15, 0.2) is 5.96 Å². The van der Waals surface area contributed by atoms with Crippen LogP contribution in [0, 0.1) is 5.41 Å². The van der Waals surface area contributed by atoms with Crippen LogP contribution in [-0.4, -0.2) is 87.2 Å². The Bertz CT molecular complexity index is 500. The van der Waals surface area contributed by atoms with E-state index in [1.807, 2.05) is 7.05 Å². The second-order valence-corrected chi connectivity index (χ2v) is 7.95. The van der Waals surface area contributed by atoms with Crippen LogP contribution in [0.2, 0.25) is 0 Å². The molecule has 1 heterocycles. The Morgan fingerprint density at radius 3 is 2.48 bits per heavy atom. The quantitative estimate of drug-likeness (QED) is 0.219. The van der Waals surface area contributed by atoms with Crippen LogP contribution in [0.3, 0.4) is 0 Å². The molecule has 3 fully saturated rings. The molecule has 2 N–H and O–H groups in total. The first-order valence-electron chi connectivity index (χ1n) is 10.2. The van der Waals surface area contributed by atoms with E-state index >= 15 is 0 Å². The summed E-state index contributed by atoms with van der Waals surface area (Å²) >= 11 is 0. The molecule has 7 nitrogen and oxygen atoms in total. The Morgan fingerprint density at radius 2 is 1.93 bits per heavy atom. The number of ether oxygens (including phenoxy) is 1. The van der Waals surface area contributed by atoms with E-state index in [0.717, 1.165) is 71.2 Å². The Morgan fingerprint density at radius 1 is 1.22 bits per heavy atom. The summed E-state index contributed by atoms with van der Waals surface area (Å²) in [6, 6.07) is 0.448. The predicted molar refractivity (Wildman–Crippen MR) is 119 cm³/mol. The molecule has 156 valence electrons. The number of nitrogens with one attached hydrogen (secondary N) is 2. The molecule has 0 aromatic heterocycles. The fourth-order valence-corrected chi connectivity index (χ4v) is 3.55. The van der Waals surface area contributed by atoms with Crippen LogP contribution < -0.4 is 10.6 Å². The minimum Gasteiger partial charge on any atom is -0.382 e. The molecule has 0 atom stereocenters. The van der Waals surface area contributed by atoms with Gasteiger partial charge in [0, 0.05) is 59.0 Å². The molecular formula is C19H36IN5O2. The normalized spacial score (nSPS) is 22.1. The highest BCUT2D eigenvalue weighted by molar-refractivity contribution is 14.0. The van der Waals surface area contributed by atoms with Crippen molar-refractivity contribution in [3.05, 3.63) is 0 Å². The van der Waals surface area contributed by atoms with Crippen LogP contribution in [0.25, 0.3) is 0 Å². The third-order valence-electron chi connectivity index (χ3n) is 5.75. The van der Waals surface area contributed by atoms with Crippen molar-refractivity contribution >= 4 is 35.8 Å². The number of hydrogen-bond acceptors (Lipinski definition) is 4. The first kappa shape index (κ1) is 22.7. The number of carbonyl (C=O) groups is 1. The second-order valence-electron chi connectivity index (χ2n) is 7.95. The van der Waals surface area contributed by atoms with Gasteiger partial charge in [0.05, 0.1) is 6.54 Å². The Hall–Kier alpha value is -0.610. The van der Waals surface area contributed by atoms with Crippen molar-refractivity contribution < 1.29 is 9.53 Å². The Labute approximate surface area is 180 Å². The number of guanidine groups is 1. The van der Waals surface area contributed by atoms with Gasteiger partial charge in [0.25, 0.3) is 0 Å². The average molecular weight is 493 g/mol. The number of aliphatic imine (C=N–C) groups is 1. The van der Waals surface area contributed by atoms with Crippen molar-refractivity contribution in [1.82, 2.24) is 20.4 Å². The highest BCUT2D eigenvalue weighted by atomic mass is 127. The molecule has 27 heavy (non-hydrogen) atoms. The van der Waals surface area contributed by atoms with Crippen LogP contribution >= 0.6 is 24.0 Å². The molecule has 1 amide bonds. The topological polar surface area (TPSA) is 69.2 Å². The van der Waals surface area contributed by atoms with Gasteiger partial charge in [-0.15, -0.1) is 24.0 Å². The van der Waals surface area contributed by atoms with Crippen LogP contribution in [0.4, 0.5) is 0 Å². The summed E-state index contributed by atoms with van der Waals surface area (Å²) in [6.45, 7) is 8.88. The SMILES string of the molecule is CCOCCC1(CNC(=NC)N2CCN(CC(=O)NC3CC3)CC2)CC1.I. The zero-order valence-electron chi connectivity index (χ0n) is 16.8. The first-order chi connectivity index (χ1) is 12.6. The van der Waals surface area contributed by atoms with Crippen LogP contribution in [0.1, 0.15) is 39.0 Å². The molecule has 0 unspecified atom stereocenters. The van der Waals surface area contributed by atoms with Gasteiger partial charge in [-0.3, -0.25) is 14.7 Å². The molecule has 0 radical (unpaired) electrons. The molecule has 2 saturated carbocycles. The Balaban J connectivity index is 0.00000261. The van der Waals surface area contributed by atoms with Crippen molar-refractivity contribution in [3.63, 3.8) is 0 Å². The third kappa shape index (κ3) is 7.38. The largest absolute Gasteiger partial charge is 0.382 e. The minimum absolute atomic E-state index is 0. The zero-order valence-corrected chi connectivity index (χ0v) is 19.2. The van der Waals surface area contributed by atoms with E-state index in [4.69, 9.17) is 4.74 Å². The lowest BCUT2D eigenvalue weighted by atomic mass is 10.0. The van der Waals surface area contributed by atoms with Crippen molar-refractivity contribution in [3.8, 4) is 0 Å². The van der Waals surface area contributed by atoms with E-state index in [1.54, 1.807) is 0 Å². The van der Waals surface area contributed by atoms with Crippen molar-refractivity contribution in [2.24, 2.45) is 10.4 Å². The molecule has 1 aliphatic heterocycles. The molecule has 1 saturated heterocycles. The monoisotopic (exact) mass is 493 g/mol. The fourth-order valence-electron chi connectivity index (χ4n) is 3.55. The van der Waals surface area contributed by atoms with Crippen molar-refractivity contribution in [1.29, 1.82) is 0 Å². The van der Waals surface area contributed by atoms with Gasteiger partial charge in [-0.2, -0.15) is 0 Å². The molecule has 2 aliphatic carbocycles. The van der Waals surface area contributed by atoms with E-state index < -0.39 is 0 Å². The Kier molecular flexibility index (Phi) is 9.07. The summed E-state index contributed by atoms with van der Waals surface area (Å²) in [5.41, 5.74) is 0.411. The molecule has 0 aromatic carbocycles. The van der Waals surface area contributed by atoms with E-state index in [-0.39, 0.29) is 29.9 Å². The van der Waals surface area contributed by atoms with Gasteiger partial charge < -0.3 is 20.3 Å². The van der Waals surface area contributed by atoms with Gasteiger partial charge in [0.1, 0.15) is 0 Å². The molecule has 0 spiro atoms. The first-order valence-corrected chi connectivity index (χ1v) is 10.2. The molecule has 3 aliphatic rings. The highest BCUT2D eigenvalue weighted by Gasteiger charge is 2.42. The molecule has 0 bridgehead atoms. The molecular weight excluding hydrogens is 457 g/mol. The van der Waals surface area contributed by atoms with Crippen LogP contribution in [0.5, 0.6) is 0 Å². The number of halogens is 1. The van der Waals surface area contributed by atoms with Gasteiger partial charge in [-0.05, 0) is 44.4 Å². The molecule has 3 rings (SSSR count). The van der Waals surface area contributed by atoms with E-state index in [1.165, 1.54) is 12.8 Å². The van der Waals surface area contributed by atoms with Gasteiger partial charge >= 0.3 is 0 Å². The summed E-state index contributed by atoms with van der Waals surface area (Å²) in [5, 5.41) is 6.65. The summed E-state index contributed by atoms with van der Waals surface area (Å²) in [5.74, 6) is 1.17. The lowest BCUT2D eigenvalue weighted by Crippen LogP contribution is -2.54. The number of carbonyl (C=O) groups excluding carboxylic acids is 1. The maximum absolute atomic E-state index is 11.9. The lowest BCUT2D eigenvalue weighted by Gasteiger charge is -2.36. The van der Waals surface area contributed by atoms with E-state index in [9.17, 15) is 4.79 Å². The molecule has 0 aromatic rings. The maximum atomic E-state index is 11.9. The summed E-state index contributed by atoms with van der Waals surface area (Å²) < 4.78 is 5.52. The van der Waals surface area contributed by atoms with Gasteiger partial charge in [0.2, 0.25) is 5.91 Å². The number of nitrogens with zero attached hydrogens (tertiary/aromatic N) is 3. The number of rotatable bonds is 9. The fraction of sp³-hybridized carbons (Fsp3) is 0.895. The van der Waals surface area contributed by atoms with Crippen LogP contribution in [0.15, 0.2) is 4.99 Å². The third-order valence-corrected chi connectivity index (χ3v) is 5.75. The van der Waals surface area contributed by atoms with E-state index in [2.05, 4.69) is 32.3 Å².